The Morgan fingerprint density at radius 1 is 1.36 bits per heavy atom. The van der Waals surface area contributed by atoms with E-state index in [2.05, 4.69) is 0 Å². The number of hydrogen-bond donors (Lipinski definition) is 0. The minimum absolute atomic E-state index is 0.0733. The number of halogens is 2. The van der Waals surface area contributed by atoms with Crippen LogP contribution >= 0.6 is 23.2 Å². The molecule has 1 rings (SSSR count). The fourth-order valence-corrected chi connectivity index (χ4v) is 1.11. The molecule has 0 aromatic heterocycles. The van der Waals surface area contributed by atoms with Crippen LogP contribution in [0.15, 0.2) is 24.3 Å². The average molecular weight is 231 g/mol. The first-order valence-electron chi connectivity index (χ1n) is 3.51. The molecule has 0 fully saturated rings. The number of nitro groups is 1. The monoisotopic (exact) mass is 230 g/mol. The van der Waals surface area contributed by atoms with Crippen LogP contribution in [0, 0.1) is 21.4 Å². The van der Waals surface area contributed by atoms with Gasteiger partial charge in [0.2, 0.25) is 4.33 Å². The quantitative estimate of drug-likeness (QED) is 0.446. The van der Waals surface area contributed by atoms with Crippen LogP contribution in [0.3, 0.4) is 0 Å². The molecule has 0 spiro atoms. The molecule has 14 heavy (non-hydrogen) atoms. The summed E-state index contributed by atoms with van der Waals surface area (Å²) in [5.74, 6) is 0. The Kier molecular flexibility index (Phi) is 2.94. The van der Waals surface area contributed by atoms with Gasteiger partial charge in [-0.1, -0.05) is 23.2 Å². The molecule has 72 valence electrons. The maximum absolute atomic E-state index is 10.3. The molecule has 0 aliphatic rings. The summed E-state index contributed by atoms with van der Waals surface area (Å²) in [5.41, 5.74) is 0.241. The predicted octanol–water partition coefficient (Wildman–Crippen LogP) is 2.75. The minimum atomic E-state index is -1.66. The van der Waals surface area contributed by atoms with Crippen molar-refractivity contribution >= 4 is 28.9 Å². The average Bonchev–Trinajstić information content (AvgIpc) is 2.18. The van der Waals surface area contributed by atoms with Crippen molar-refractivity contribution in [1.29, 1.82) is 5.26 Å². The van der Waals surface area contributed by atoms with Crippen molar-refractivity contribution in [3.63, 3.8) is 0 Å². The summed E-state index contributed by atoms with van der Waals surface area (Å²) in [6.45, 7) is 0. The molecule has 1 aromatic carbocycles. The zero-order valence-electron chi connectivity index (χ0n) is 6.78. The third-order valence-corrected chi connectivity index (χ3v) is 2.19. The molecule has 0 atom stereocenters. The summed E-state index contributed by atoms with van der Waals surface area (Å²) in [7, 11) is 0. The van der Waals surface area contributed by atoms with Gasteiger partial charge >= 0.3 is 0 Å². The lowest BCUT2D eigenvalue weighted by Crippen LogP contribution is -2.06. The van der Waals surface area contributed by atoms with E-state index in [0.717, 1.165) is 0 Å². The number of benzene rings is 1. The van der Waals surface area contributed by atoms with Crippen molar-refractivity contribution < 1.29 is 4.92 Å². The zero-order chi connectivity index (χ0) is 10.8. The van der Waals surface area contributed by atoms with E-state index < -0.39 is 9.26 Å². The largest absolute Gasteiger partial charge is 0.269 e. The maximum Gasteiger partial charge on any atom is 0.269 e. The van der Waals surface area contributed by atoms with Crippen molar-refractivity contribution in [2.45, 2.75) is 4.33 Å². The maximum atomic E-state index is 10.3. The van der Waals surface area contributed by atoms with E-state index in [4.69, 9.17) is 28.5 Å². The SMILES string of the molecule is N#CC(Cl)(Cl)c1ccc([N+](=O)[O-])cc1. The Balaban J connectivity index is 3.07. The summed E-state index contributed by atoms with van der Waals surface area (Å²) in [6, 6.07) is 6.85. The Morgan fingerprint density at radius 2 is 1.86 bits per heavy atom. The Hall–Kier alpha value is -1.31. The normalized spacial score (nSPS) is 10.6. The van der Waals surface area contributed by atoms with Gasteiger partial charge in [0.25, 0.3) is 5.69 Å². The molecule has 4 nitrogen and oxygen atoms in total. The number of alkyl halides is 2. The number of nitriles is 1. The molecule has 1 aromatic rings. The van der Waals surface area contributed by atoms with Gasteiger partial charge in [-0.3, -0.25) is 10.1 Å². The second-order valence-corrected chi connectivity index (χ2v) is 3.82. The van der Waals surface area contributed by atoms with Crippen LogP contribution in [0.2, 0.25) is 0 Å². The lowest BCUT2D eigenvalue weighted by Gasteiger charge is -2.09. The lowest BCUT2D eigenvalue weighted by molar-refractivity contribution is -0.384. The first-order valence-corrected chi connectivity index (χ1v) is 4.27. The highest BCUT2D eigenvalue weighted by Gasteiger charge is 2.26. The van der Waals surface area contributed by atoms with Gasteiger partial charge in [-0.05, 0) is 12.1 Å². The van der Waals surface area contributed by atoms with E-state index >= 15 is 0 Å². The van der Waals surface area contributed by atoms with E-state index in [1.807, 2.05) is 0 Å². The van der Waals surface area contributed by atoms with Crippen molar-refractivity contribution in [1.82, 2.24) is 0 Å². The summed E-state index contributed by atoms with van der Waals surface area (Å²) < 4.78 is -1.66. The van der Waals surface area contributed by atoms with Gasteiger partial charge in [-0.25, -0.2) is 0 Å². The van der Waals surface area contributed by atoms with Gasteiger partial charge in [-0.2, -0.15) is 5.26 Å². The van der Waals surface area contributed by atoms with Crippen molar-refractivity contribution in [2.24, 2.45) is 0 Å². The lowest BCUT2D eigenvalue weighted by atomic mass is 10.1. The van der Waals surface area contributed by atoms with Crippen LogP contribution in [0.1, 0.15) is 5.56 Å². The van der Waals surface area contributed by atoms with E-state index in [0.29, 0.717) is 5.56 Å². The van der Waals surface area contributed by atoms with Gasteiger partial charge in [0.05, 0.1) is 4.92 Å². The fourth-order valence-electron chi connectivity index (χ4n) is 0.857. The van der Waals surface area contributed by atoms with E-state index in [1.54, 1.807) is 6.07 Å². The number of nitrogens with zero attached hydrogens (tertiary/aromatic N) is 2. The second kappa shape index (κ2) is 3.82. The van der Waals surface area contributed by atoms with Crippen LogP contribution < -0.4 is 0 Å². The van der Waals surface area contributed by atoms with E-state index in [9.17, 15) is 10.1 Å². The predicted molar refractivity (Wildman–Crippen MR) is 52.1 cm³/mol. The number of non-ortho nitro benzene ring substituents is 1. The molecular formula is C8H4Cl2N2O2. The molecule has 0 aliphatic carbocycles. The molecule has 0 saturated heterocycles. The van der Waals surface area contributed by atoms with Gasteiger partial charge in [0.1, 0.15) is 6.07 Å². The Morgan fingerprint density at radius 3 is 2.21 bits per heavy atom. The van der Waals surface area contributed by atoms with Gasteiger partial charge in [-0.15, -0.1) is 0 Å². The Labute approximate surface area is 89.8 Å². The van der Waals surface area contributed by atoms with E-state index in [-0.39, 0.29) is 5.69 Å². The standard InChI is InChI=1S/C8H4Cl2N2O2/c9-8(10,5-11)6-1-3-7(4-2-6)12(13)14/h1-4H. The van der Waals surface area contributed by atoms with Crippen LogP contribution in [0.4, 0.5) is 5.69 Å². The van der Waals surface area contributed by atoms with Crippen molar-refractivity contribution in [3.05, 3.63) is 39.9 Å². The molecule has 0 aliphatic heterocycles. The topological polar surface area (TPSA) is 66.9 Å². The minimum Gasteiger partial charge on any atom is -0.258 e. The van der Waals surface area contributed by atoms with Crippen molar-refractivity contribution in [2.75, 3.05) is 0 Å². The third kappa shape index (κ3) is 2.13. The summed E-state index contributed by atoms with van der Waals surface area (Å²) in [6.07, 6.45) is 0. The van der Waals surface area contributed by atoms with Gasteiger partial charge in [0, 0.05) is 17.7 Å². The number of rotatable bonds is 2. The highest BCUT2D eigenvalue weighted by Crippen LogP contribution is 2.33. The molecule has 0 N–H and O–H groups in total. The van der Waals surface area contributed by atoms with Crippen molar-refractivity contribution in [3.8, 4) is 6.07 Å². The first-order chi connectivity index (χ1) is 6.47. The summed E-state index contributed by atoms with van der Waals surface area (Å²) in [4.78, 5) is 9.76. The highest BCUT2D eigenvalue weighted by molar-refractivity contribution is 6.50. The molecule has 0 amide bonds. The molecule has 0 bridgehead atoms. The van der Waals surface area contributed by atoms with Crippen LogP contribution in [-0.4, -0.2) is 4.92 Å². The molecular weight excluding hydrogens is 227 g/mol. The fraction of sp³-hybridized carbons (Fsp3) is 0.125. The van der Waals surface area contributed by atoms with Gasteiger partial charge in [0.15, 0.2) is 0 Å². The second-order valence-electron chi connectivity index (χ2n) is 2.49. The molecule has 6 heteroatoms. The summed E-state index contributed by atoms with van der Waals surface area (Å²) in [5, 5.41) is 18.9. The van der Waals surface area contributed by atoms with Crippen LogP contribution in [-0.2, 0) is 4.33 Å². The summed E-state index contributed by atoms with van der Waals surface area (Å²) >= 11 is 11.2. The number of hydrogen-bond acceptors (Lipinski definition) is 3. The smallest absolute Gasteiger partial charge is 0.258 e. The van der Waals surface area contributed by atoms with Crippen LogP contribution in [0.25, 0.3) is 0 Å². The van der Waals surface area contributed by atoms with Gasteiger partial charge < -0.3 is 0 Å². The molecule has 0 radical (unpaired) electrons. The first kappa shape index (κ1) is 10.8. The number of nitro benzene ring substituents is 1. The van der Waals surface area contributed by atoms with Crippen LogP contribution in [0.5, 0.6) is 0 Å². The third-order valence-electron chi connectivity index (χ3n) is 1.58. The molecule has 0 saturated carbocycles. The van der Waals surface area contributed by atoms with E-state index in [1.165, 1.54) is 24.3 Å². The highest BCUT2D eigenvalue weighted by atomic mass is 35.5. The zero-order valence-corrected chi connectivity index (χ0v) is 8.29. The Bertz CT molecular complexity index is 395. The molecule has 0 heterocycles. The molecule has 0 unspecified atom stereocenters.